The second-order valence-corrected chi connectivity index (χ2v) is 5.48. The van der Waals surface area contributed by atoms with Gasteiger partial charge in [0.2, 0.25) is 0 Å². The Labute approximate surface area is 108 Å². The number of hydrogen-bond acceptors (Lipinski definition) is 3. The number of halogens is 1. The van der Waals surface area contributed by atoms with Crippen molar-refractivity contribution in [3.8, 4) is 0 Å². The molecule has 1 aliphatic rings. The molecule has 2 heterocycles. The number of rotatable bonds is 1. The number of piperidine rings is 1. The molecule has 0 N–H and O–H groups in total. The van der Waals surface area contributed by atoms with Crippen LogP contribution in [-0.4, -0.2) is 22.8 Å². The van der Waals surface area contributed by atoms with Gasteiger partial charge in [0.25, 0.3) is 0 Å². The lowest BCUT2D eigenvalue weighted by atomic mass is 9.92. The summed E-state index contributed by atoms with van der Waals surface area (Å²) >= 11 is 6.00. The molecule has 0 saturated carbocycles. The summed E-state index contributed by atoms with van der Waals surface area (Å²) in [4.78, 5) is 2.37. The summed E-state index contributed by atoms with van der Waals surface area (Å²) in [7, 11) is 0. The molecule has 94 valence electrons. The second kappa shape index (κ2) is 4.81. The predicted molar refractivity (Wildman–Crippen MR) is 71.7 cm³/mol. The minimum absolute atomic E-state index is 0.518. The predicted octanol–water partition coefficient (Wildman–Crippen LogP) is 3.37. The molecule has 4 heteroatoms. The summed E-state index contributed by atoms with van der Waals surface area (Å²) in [5.74, 6) is 1.71. The molecule has 1 aromatic rings. The van der Waals surface area contributed by atoms with Crippen LogP contribution in [0.4, 0.5) is 5.82 Å². The lowest BCUT2D eigenvalue weighted by molar-refractivity contribution is 0.360. The Balaban J connectivity index is 2.37. The zero-order chi connectivity index (χ0) is 12.6. The maximum atomic E-state index is 6.00. The largest absolute Gasteiger partial charge is 0.352 e. The minimum Gasteiger partial charge on any atom is -0.352 e. The van der Waals surface area contributed by atoms with Crippen molar-refractivity contribution in [3.63, 3.8) is 0 Å². The Bertz CT molecular complexity index is 419. The van der Waals surface area contributed by atoms with Gasteiger partial charge in [-0.05, 0) is 50.7 Å². The molecule has 3 nitrogen and oxygen atoms in total. The molecular formula is C13H20ClN3. The fourth-order valence-corrected chi connectivity index (χ4v) is 2.65. The van der Waals surface area contributed by atoms with Crippen LogP contribution in [-0.2, 0) is 0 Å². The van der Waals surface area contributed by atoms with Crippen LogP contribution in [0, 0.1) is 19.8 Å². The Morgan fingerprint density at radius 1 is 1.18 bits per heavy atom. The summed E-state index contributed by atoms with van der Waals surface area (Å²) in [6.45, 7) is 9.74. The molecule has 2 atom stereocenters. The standard InChI is InChI=1S/C13H20ClN3/c1-8-6-5-7-17(11(8)4)13-10(3)9(2)12(14)15-16-13/h8,11H,5-7H2,1-4H3. The van der Waals surface area contributed by atoms with E-state index in [0.717, 1.165) is 23.5 Å². The van der Waals surface area contributed by atoms with Crippen molar-refractivity contribution in [1.29, 1.82) is 0 Å². The Hall–Kier alpha value is -0.830. The average molecular weight is 254 g/mol. The van der Waals surface area contributed by atoms with E-state index in [2.05, 4.69) is 35.9 Å². The number of aromatic nitrogens is 2. The lowest BCUT2D eigenvalue weighted by Gasteiger charge is -2.39. The zero-order valence-electron chi connectivity index (χ0n) is 11.0. The van der Waals surface area contributed by atoms with Crippen LogP contribution in [0.5, 0.6) is 0 Å². The van der Waals surface area contributed by atoms with Crippen LogP contribution in [0.3, 0.4) is 0 Å². The molecule has 2 rings (SSSR count). The van der Waals surface area contributed by atoms with Crippen LogP contribution < -0.4 is 4.90 Å². The second-order valence-electron chi connectivity index (χ2n) is 5.12. The van der Waals surface area contributed by atoms with Gasteiger partial charge in [0.1, 0.15) is 0 Å². The molecule has 0 aromatic carbocycles. The fraction of sp³-hybridized carbons (Fsp3) is 0.692. The summed E-state index contributed by atoms with van der Waals surface area (Å²) in [5, 5.41) is 8.86. The molecule has 0 aliphatic carbocycles. The van der Waals surface area contributed by atoms with E-state index in [-0.39, 0.29) is 0 Å². The molecule has 0 bridgehead atoms. The quantitative estimate of drug-likeness (QED) is 0.768. The van der Waals surface area contributed by atoms with E-state index in [1.807, 2.05) is 6.92 Å². The third kappa shape index (κ3) is 2.25. The fourth-order valence-electron chi connectivity index (χ4n) is 2.47. The molecule has 0 amide bonds. The number of nitrogens with zero attached hydrogens (tertiary/aromatic N) is 3. The van der Waals surface area contributed by atoms with Gasteiger partial charge in [-0.1, -0.05) is 18.5 Å². The summed E-state index contributed by atoms with van der Waals surface area (Å²) in [5.41, 5.74) is 2.20. The van der Waals surface area contributed by atoms with Crippen molar-refractivity contribution >= 4 is 17.4 Å². The van der Waals surface area contributed by atoms with Gasteiger partial charge in [-0.25, -0.2) is 0 Å². The topological polar surface area (TPSA) is 29.0 Å². The van der Waals surface area contributed by atoms with Crippen LogP contribution in [0.25, 0.3) is 0 Å². The smallest absolute Gasteiger partial charge is 0.155 e. The average Bonchev–Trinajstić information content (AvgIpc) is 2.31. The first kappa shape index (κ1) is 12.6. The summed E-state index contributed by atoms with van der Waals surface area (Å²) in [6.07, 6.45) is 2.53. The van der Waals surface area contributed by atoms with Crippen LogP contribution >= 0.6 is 11.6 Å². The normalized spacial score (nSPS) is 25.1. The Kier molecular flexibility index (Phi) is 3.57. The van der Waals surface area contributed by atoms with Crippen LogP contribution in [0.1, 0.15) is 37.8 Å². The number of hydrogen-bond donors (Lipinski definition) is 0. The molecule has 1 fully saturated rings. The SMILES string of the molecule is Cc1c(Cl)nnc(N2CCCC(C)C2C)c1C. The van der Waals surface area contributed by atoms with Gasteiger partial charge in [0.05, 0.1) is 0 Å². The minimum atomic E-state index is 0.518. The van der Waals surface area contributed by atoms with Gasteiger partial charge < -0.3 is 4.90 Å². The first-order valence-electron chi connectivity index (χ1n) is 6.28. The van der Waals surface area contributed by atoms with Gasteiger partial charge in [0.15, 0.2) is 11.0 Å². The molecule has 1 aliphatic heterocycles. The first-order valence-corrected chi connectivity index (χ1v) is 6.66. The van der Waals surface area contributed by atoms with Gasteiger partial charge in [0, 0.05) is 12.6 Å². The lowest BCUT2D eigenvalue weighted by Crippen LogP contribution is -2.43. The van der Waals surface area contributed by atoms with E-state index in [4.69, 9.17) is 11.6 Å². The molecule has 1 aromatic heterocycles. The highest BCUT2D eigenvalue weighted by molar-refractivity contribution is 6.30. The monoisotopic (exact) mass is 253 g/mol. The van der Waals surface area contributed by atoms with Gasteiger partial charge in [-0.3, -0.25) is 0 Å². The van der Waals surface area contributed by atoms with E-state index >= 15 is 0 Å². The number of anilines is 1. The zero-order valence-corrected chi connectivity index (χ0v) is 11.8. The maximum absolute atomic E-state index is 6.00. The third-order valence-corrected chi connectivity index (χ3v) is 4.44. The van der Waals surface area contributed by atoms with Gasteiger partial charge in [-0.2, -0.15) is 0 Å². The molecule has 17 heavy (non-hydrogen) atoms. The molecule has 0 spiro atoms. The van der Waals surface area contributed by atoms with Crippen LogP contribution in [0.2, 0.25) is 5.15 Å². The molecule has 2 unspecified atom stereocenters. The maximum Gasteiger partial charge on any atom is 0.155 e. The van der Waals surface area contributed by atoms with Gasteiger partial charge >= 0.3 is 0 Å². The Morgan fingerprint density at radius 3 is 2.59 bits per heavy atom. The van der Waals surface area contributed by atoms with Gasteiger partial charge in [-0.15, -0.1) is 10.2 Å². The molecular weight excluding hydrogens is 234 g/mol. The molecule has 1 saturated heterocycles. The van der Waals surface area contributed by atoms with Crippen molar-refractivity contribution < 1.29 is 0 Å². The highest BCUT2D eigenvalue weighted by Gasteiger charge is 2.27. The van der Waals surface area contributed by atoms with Crippen molar-refractivity contribution in [3.05, 3.63) is 16.3 Å². The summed E-state index contributed by atoms with van der Waals surface area (Å²) < 4.78 is 0. The van der Waals surface area contributed by atoms with Crippen molar-refractivity contribution in [2.75, 3.05) is 11.4 Å². The van der Waals surface area contributed by atoms with E-state index in [1.165, 1.54) is 12.8 Å². The Morgan fingerprint density at radius 2 is 1.88 bits per heavy atom. The van der Waals surface area contributed by atoms with E-state index in [0.29, 0.717) is 17.1 Å². The highest BCUT2D eigenvalue weighted by atomic mass is 35.5. The van der Waals surface area contributed by atoms with E-state index in [1.54, 1.807) is 0 Å². The molecule has 0 radical (unpaired) electrons. The first-order chi connectivity index (χ1) is 8.02. The van der Waals surface area contributed by atoms with E-state index < -0.39 is 0 Å². The van der Waals surface area contributed by atoms with Crippen LogP contribution in [0.15, 0.2) is 0 Å². The van der Waals surface area contributed by atoms with E-state index in [9.17, 15) is 0 Å². The van der Waals surface area contributed by atoms with Crippen molar-refractivity contribution in [2.24, 2.45) is 5.92 Å². The third-order valence-electron chi connectivity index (χ3n) is 4.09. The van der Waals surface area contributed by atoms with Crippen molar-refractivity contribution in [2.45, 2.75) is 46.6 Å². The van der Waals surface area contributed by atoms with Crippen molar-refractivity contribution in [1.82, 2.24) is 10.2 Å². The highest BCUT2D eigenvalue weighted by Crippen LogP contribution is 2.31. The summed E-state index contributed by atoms with van der Waals surface area (Å²) in [6, 6.07) is 0.525.